The van der Waals surface area contributed by atoms with E-state index in [4.69, 9.17) is 4.74 Å². The first-order chi connectivity index (χ1) is 18.2. The molecule has 6 heteroatoms. The molecule has 2 N–H and O–H groups in total. The van der Waals surface area contributed by atoms with E-state index >= 15 is 0 Å². The van der Waals surface area contributed by atoms with Crippen molar-refractivity contribution in [3.05, 3.63) is 108 Å². The molecule has 37 heavy (non-hydrogen) atoms. The molecule has 1 aromatic heterocycles. The van der Waals surface area contributed by atoms with Crippen LogP contribution in [0.1, 0.15) is 27.5 Å². The van der Waals surface area contributed by atoms with Crippen molar-refractivity contribution in [3.8, 4) is 11.3 Å². The van der Waals surface area contributed by atoms with Crippen LogP contribution in [-0.2, 0) is 9.53 Å². The molecule has 6 nitrogen and oxygen atoms in total. The van der Waals surface area contributed by atoms with E-state index in [1.807, 2.05) is 54.6 Å². The molecule has 1 atom stereocenters. The van der Waals surface area contributed by atoms with E-state index < -0.39 is 6.04 Å². The van der Waals surface area contributed by atoms with E-state index in [1.54, 1.807) is 12.0 Å². The van der Waals surface area contributed by atoms with Gasteiger partial charge < -0.3 is 19.9 Å². The molecule has 0 saturated carbocycles. The standard InChI is InChI=1S/C31H27N3O3/c1-37-17-16-32-27(35)19-34-30(23-10-4-5-11-24(23)31(34)36)28-25-12-6-7-13-26(25)33-29(28)22-15-14-20-8-2-3-9-21(20)18-22/h2-15,18,30,33H,16-17,19H2,1H3,(H,32,35). The summed E-state index contributed by atoms with van der Waals surface area (Å²) in [6, 6.07) is 30.1. The van der Waals surface area contributed by atoms with Gasteiger partial charge in [-0.05, 0) is 40.1 Å². The Morgan fingerprint density at radius 2 is 1.70 bits per heavy atom. The number of ether oxygens (including phenoxy) is 1. The van der Waals surface area contributed by atoms with Gasteiger partial charge in [-0.1, -0.05) is 72.8 Å². The van der Waals surface area contributed by atoms with Crippen LogP contribution < -0.4 is 5.32 Å². The fraction of sp³-hybridized carbons (Fsp3) is 0.161. The predicted octanol–water partition coefficient (Wildman–Crippen LogP) is 5.30. The van der Waals surface area contributed by atoms with Gasteiger partial charge in [-0.25, -0.2) is 0 Å². The van der Waals surface area contributed by atoms with Gasteiger partial charge in [-0.15, -0.1) is 0 Å². The monoisotopic (exact) mass is 489 g/mol. The molecular weight excluding hydrogens is 462 g/mol. The van der Waals surface area contributed by atoms with Crippen LogP contribution in [0.2, 0.25) is 0 Å². The zero-order chi connectivity index (χ0) is 25.4. The number of para-hydroxylation sites is 1. The smallest absolute Gasteiger partial charge is 0.255 e. The highest BCUT2D eigenvalue weighted by Crippen LogP contribution is 2.45. The number of benzene rings is 4. The number of rotatable bonds is 7. The fourth-order valence-corrected chi connectivity index (χ4v) is 5.37. The summed E-state index contributed by atoms with van der Waals surface area (Å²) >= 11 is 0. The van der Waals surface area contributed by atoms with Gasteiger partial charge in [0.05, 0.1) is 18.3 Å². The number of aromatic amines is 1. The van der Waals surface area contributed by atoms with Crippen LogP contribution in [0.3, 0.4) is 0 Å². The van der Waals surface area contributed by atoms with Crippen molar-refractivity contribution in [2.75, 3.05) is 26.8 Å². The van der Waals surface area contributed by atoms with E-state index in [-0.39, 0.29) is 18.4 Å². The maximum Gasteiger partial charge on any atom is 0.255 e. The Kier molecular flexibility index (Phi) is 5.94. The summed E-state index contributed by atoms with van der Waals surface area (Å²) in [5.74, 6) is -0.354. The van der Waals surface area contributed by atoms with Crippen molar-refractivity contribution < 1.29 is 14.3 Å². The highest BCUT2D eigenvalue weighted by atomic mass is 16.5. The van der Waals surface area contributed by atoms with Gasteiger partial charge >= 0.3 is 0 Å². The Balaban J connectivity index is 1.52. The molecule has 4 aromatic carbocycles. The molecule has 0 bridgehead atoms. The predicted molar refractivity (Wildman–Crippen MR) is 145 cm³/mol. The summed E-state index contributed by atoms with van der Waals surface area (Å²) in [7, 11) is 1.59. The van der Waals surface area contributed by atoms with Crippen molar-refractivity contribution in [2.24, 2.45) is 0 Å². The number of fused-ring (bicyclic) bond motifs is 3. The minimum absolute atomic E-state index is 0.0431. The third-order valence-electron chi connectivity index (χ3n) is 7.06. The van der Waals surface area contributed by atoms with Gasteiger partial charge in [0, 0.05) is 35.7 Å². The topological polar surface area (TPSA) is 74.4 Å². The quantitative estimate of drug-likeness (QED) is 0.305. The maximum atomic E-state index is 13.6. The minimum Gasteiger partial charge on any atom is -0.383 e. The number of carbonyl (C=O) groups excluding carboxylic acids is 2. The van der Waals surface area contributed by atoms with E-state index in [2.05, 4.69) is 46.7 Å². The molecule has 184 valence electrons. The number of aromatic nitrogens is 1. The number of nitrogens with one attached hydrogen (secondary N) is 2. The normalized spacial score (nSPS) is 14.9. The third kappa shape index (κ3) is 4.05. The zero-order valence-corrected chi connectivity index (χ0v) is 20.5. The average Bonchev–Trinajstić information content (AvgIpc) is 3.44. The summed E-state index contributed by atoms with van der Waals surface area (Å²) < 4.78 is 5.06. The van der Waals surface area contributed by atoms with E-state index in [9.17, 15) is 9.59 Å². The molecule has 1 unspecified atom stereocenters. The van der Waals surface area contributed by atoms with Crippen LogP contribution >= 0.6 is 0 Å². The van der Waals surface area contributed by atoms with Crippen molar-refractivity contribution in [2.45, 2.75) is 6.04 Å². The molecule has 0 radical (unpaired) electrons. The van der Waals surface area contributed by atoms with Crippen LogP contribution in [0.15, 0.2) is 91.0 Å². The summed E-state index contributed by atoms with van der Waals surface area (Å²) in [5, 5.41) is 6.20. The second-order valence-corrected chi connectivity index (χ2v) is 9.29. The molecular formula is C31H27N3O3. The average molecular weight is 490 g/mol. The number of hydrogen-bond acceptors (Lipinski definition) is 3. The molecule has 0 spiro atoms. The van der Waals surface area contributed by atoms with E-state index in [0.29, 0.717) is 18.7 Å². The molecule has 0 saturated heterocycles. The number of nitrogens with zero attached hydrogens (tertiary/aromatic N) is 1. The number of hydrogen-bond donors (Lipinski definition) is 2. The molecule has 2 amide bonds. The first-order valence-electron chi connectivity index (χ1n) is 12.4. The number of amides is 2. The van der Waals surface area contributed by atoms with Gasteiger partial charge in [0.15, 0.2) is 0 Å². The largest absolute Gasteiger partial charge is 0.383 e. The number of carbonyl (C=O) groups is 2. The van der Waals surface area contributed by atoms with Gasteiger partial charge in [0.25, 0.3) is 5.91 Å². The van der Waals surface area contributed by atoms with Crippen LogP contribution in [0, 0.1) is 0 Å². The second kappa shape index (κ2) is 9.56. The first kappa shape index (κ1) is 23.0. The fourth-order valence-electron chi connectivity index (χ4n) is 5.37. The Morgan fingerprint density at radius 3 is 2.57 bits per heavy atom. The van der Waals surface area contributed by atoms with Gasteiger partial charge in [0.2, 0.25) is 5.91 Å². The van der Waals surface area contributed by atoms with Crippen LogP contribution in [-0.4, -0.2) is 48.5 Å². The molecule has 1 aliphatic rings. The van der Waals surface area contributed by atoms with Crippen molar-refractivity contribution in [3.63, 3.8) is 0 Å². The van der Waals surface area contributed by atoms with Gasteiger partial charge in [-0.3, -0.25) is 9.59 Å². The summed E-state index contributed by atoms with van der Waals surface area (Å²) in [5.41, 5.74) is 5.50. The zero-order valence-electron chi connectivity index (χ0n) is 20.5. The number of H-pyrrole nitrogens is 1. The lowest BCUT2D eigenvalue weighted by Crippen LogP contribution is -2.40. The van der Waals surface area contributed by atoms with Crippen molar-refractivity contribution >= 4 is 33.5 Å². The van der Waals surface area contributed by atoms with Crippen LogP contribution in [0.5, 0.6) is 0 Å². The van der Waals surface area contributed by atoms with Crippen LogP contribution in [0.25, 0.3) is 32.9 Å². The van der Waals surface area contributed by atoms with E-state index in [1.165, 1.54) is 5.39 Å². The highest BCUT2D eigenvalue weighted by molar-refractivity contribution is 6.04. The first-order valence-corrected chi connectivity index (χ1v) is 12.4. The van der Waals surface area contributed by atoms with Crippen LogP contribution in [0.4, 0.5) is 0 Å². The molecule has 5 aromatic rings. The van der Waals surface area contributed by atoms with Crippen molar-refractivity contribution in [1.29, 1.82) is 0 Å². The Bertz CT molecular complexity index is 1640. The molecule has 0 aliphatic carbocycles. The van der Waals surface area contributed by atoms with Gasteiger partial charge in [0.1, 0.15) is 6.54 Å². The number of methoxy groups -OCH3 is 1. The molecule has 0 fully saturated rings. The summed E-state index contributed by atoms with van der Waals surface area (Å²) in [4.78, 5) is 31.8. The summed E-state index contributed by atoms with van der Waals surface area (Å²) in [6.07, 6.45) is 0. The Hall–Kier alpha value is -4.42. The third-order valence-corrected chi connectivity index (χ3v) is 7.06. The SMILES string of the molecule is COCCNC(=O)CN1C(=O)c2ccccc2C1c1c(-c2ccc3ccccc3c2)[nH]c2ccccc12. The molecule has 2 heterocycles. The lowest BCUT2D eigenvalue weighted by atomic mass is 9.92. The van der Waals surface area contributed by atoms with Gasteiger partial charge in [-0.2, -0.15) is 0 Å². The Labute approximate surface area is 214 Å². The van der Waals surface area contributed by atoms with Crippen molar-refractivity contribution in [1.82, 2.24) is 15.2 Å². The second-order valence-electron chi connectivity index (χ2n) is 9.29. The van der Waals surface area contributed by atoms with E-state index in [0.717, 1.165) is 38.7 Å². The maximum absolute atomic E-state index is 13.6. The minimum atomic E-state index is -0.408. The Morgan fingerprint density at radius 1 is 0.946 bits per heavy atom. The lowest BCUT2D eigenvalue weighted by Gasteiger charge is -2.26. The molecule has 1 aliphatic heterocycles. The lowest BCUT2D eigenvalue weighted by molar-refractivity contribution is -0.122. The molecule has 6 rings (SSSR count). The summed E-state index contributed by atoms with van der Waals surface area (Å²) in [6.45, 7) is 0.765. The highest BCUT2D eigenvalue weighted by Gasteiger charge is 2.40.